The molecule has 1 aromatic carbocycles. The zero-order chi connectivity index (χ0) is 11.4. The van der Waals surface area contributed by atoms with E-state index in [0.717, 1.165) is 25.7 Å². The first-order valence-corrected chi connectivity index (χ1v) is 6.59. The molecule has 0 aliphatic heterocycles. The predicted octanol–water partition coefficient (Wildman–Crippen LogP) is 2.45. The molecule has 0 bridgehead atoms. The summed E-state index contributed by atoms with van der Waals surface area (Å²) in [5, 5.41) is 0.0349. The van der Waals surface area contributed by atoms with E-state index in [1.165, 1.54) is 0 Å². The van der Waals surface area contributed by atoms with Crippen LogP contribution in [0.1, 0.15) is 36.0 Å². The summed E-state index contributed by atoms with van der Waals surface area (Å²) in [6, 6.07) is 8.66. The number of rotatable bonds is 3. The van der Waals surface area contributed by atoms with Crippen LogP contribution in [0.3, 0.4) is 0 Å². The van der Waals surface area contributed by atoms with Gasteiger partial charge >= 0.3 is 5.97 Å². The molecule has 0 heterocycles. The third kappa shape index (κ3) is 2.70. The lowest BCUT2D eigenvalue weighted by atomic mass is 10.2. The fourth-order valence-corrected chi connectivity index (χ4v) is 2.95. The monoisotopic (exact) mass is 238 g/mol. The van der Waals surface area contributed by atoms with Gasteiger partial charge in [0, 0.05) is 0 Å². The molecule has 2 rings (SSSR count). The molecule has 1 atom stereocenters. The van der Waals surface area contributed by atoms with Crippen molar-refractivity contribution in [2.45, 2.75) is 30.9 Å². The quantitative estimate of drug-likeness (QED) is 0.812. The molecule has 0 aromatic heterocycles. The van der Waals surface area contributed by atoms with Crippen molar-refractivity contribution in [3.63, 3.8) is 0 Å². The second-order valence-corrected chi connectivity index (χ2v) is 5.26. The molecule has 0 amide bonds. The van der Waals surface area contributed by atoms with Crippen LogP contribution >= 0.6 is 0 Å². The highest BCUT2D eigenvalue weighted by Gasteiger charge is 2.25. The van der Waals surface area contributed by atoms with E-state index < -0.39 is 17.0 Å². The van der Waals surface area contributed by atoms with E-state index in [1.54, 1.807) is 24.3 Å². The van der Waals surface area contributed by atoms with Crippen LogP contribution in [-0.2, 0) is 15.3 Å². The zero-order valence-corrected chi connectivity index (χ0v) is 9.74. The van der Waals surface area contributed by atoms with Crippen molar-refractivity contribution in [3.05, 3.63) is 35.9 Å². The van der Waals surface area contributed by atoms with Gasteiger partial charge in [-0.3, -0.25) is 0 Å². The van der Waals surface area contributed by atoms with E-state index in [-0.39, 0.29) is 5.25 Å². The normalized spacial score (nSPS) is 18.2. The number of hydrogen-bond donors (Lipinski definition) is 0. The van der Waals surface area contributed by atoms with Crippen LogP contribution in [0.25, 0.3) is 0 Å². The van der Waals surface area contributed by atoms with Crippen molar-refractivity contribution < 1.29 is 13.2 Å². The molecule has 1 aromatic rings. The molecule has 16 heavy (non-hydrogen) atoms. The van der Waals surface area contributed by atoms with Crippen LogP contribution in [-0.4, -0.2) is 15.4 Å². The Bertz CT molecular complexity index is 383. The molecule has 86 valence electrons. The maximum atomic E-state index is 11.7. The molecule has 0 spiro atoms. The van der Waals surface area contributed by atoms with Gasteiger partial charge in [0.1, 0.15) is 0 Å². The van der Waals surface area contributed by atoms with Crippen molar-refractivity contribution in [2.24, 2.45) is 0 Å². The van der Waals surface area contributed by atoms with Crippen molar-refractivity contribution in [1.82, 2.24) is 0 Å². The molecule has 1 saturated carbocycles. The molecule has 1 aliphatic rings. The minimum atomic E-state index is -1.48. The van der Waals surface area contributed by atoms with Gasteiger partial charge in [0.25, 0.3) is 0 Å². The van der Waals surface area contributed by atoms with Crippen LogP contribution in [0.2, 0.25) is 0 Å². The number of carbonyl (C=O) groups is 1. The maximum Gasteiger partial charge on any atom is 0.352 e. The summed E-state index contributed by atoms with van der Waals surface area (Å²) in [5.74, 6) is -0.495. The molecule has 4 heteroatoms. The standard InChI is InChI=1S/C12H14O3S/c13-12(10-6-2-1-3-7-10)15-16(14)11-8-4-5-9-11/h1-3,6-7,11H,4-5,8-9H2. The van der Waals surface area contributed by atoms with Gasteiger partial charge in [0.2, 0.25) is 11.1 Å². The van der Waals surface area contributed by atoms with E-state index >= 15 is 0 Å². The summed E-state index contributed by atoms with van der Waals surface area (Å²) < 4.78 is 16.7. The van der Waals surface area contributed by atoms with Crippen LogP contribution in [0, 0.1) is 0 Å². The molecule has 1 unspecified atom stereocenters. The Balaban J connectivity index is 1.94. The Morgan fingerprint density at radius 2 is 1.81 bits per heavy atom. The third-order valence-corrected chi connectivity index (χ3v) is 4.07. The minimum absolute atomic E-state index is 0.0349. The van der Waals surface area contributed by atoms with Crippen molar-refractivity contribution in [3.8, 4) is 0 Å². The Hall–Kier alpha value is -1.16. The Labute approximate surface area is 97.5 Å². The van der Waals surface area contributed by atoms with E-state index in [2.05, 4.69) is 0 Å². The van der Waals surface area contributed by atoms with Gasteiger partial charge in [-0.25, -0.2) is 9.00 Å². The van der Waals surface area contributed by atoms with E-state index in [9.17, 15) is 9.00 Å². The van der Waals surface area contributed by atoms with Crippen LogP contribution < -0.4 is 0 Å². The smallest absolute Gasteiger partial charge is 0.352 e. The summed E-state index contributed by atoms with van der Waals surface area (Å²) in [5.41, 5.74) is 0.453. The molecule has 1 fully saturated rings. The van der Waals surface area contributed by atoms with E-state index in [0.29, 0.717) is 5.56 Å². The first kappa shape index (κ1) is 11.3. The molecular weight excluding hydrogens is 224 g/mol. The SMILES string of the molecule is O=C(OS(=O)C1CCCC1)c1ccccc1. The average molecular weight is 238 g/mol. The van der Waals surface area contributed by atoms with Gasteiger partial charge in [-0.2, -0.15) is 0 Å². The Morgan fingerprint density at radius 1 is 1.19 bits per heavy atom. The Kier molecular flexibility index (Phi) is 3.72. The van der Waals surface area contributed by atoms with Crippen molar-refractivity contribution in [1.29, 1.82) is 0 Å². The first-order chi connectivity index (χ1) is 7.77. The molecular formula is C12H14O3S. The van der Waals surface area contributed by atoms with Gasteiger partial charge in [0.05, 0.1) is 10.8 Å². The number of benzene rings is 1. The van der Waals surface area contributed by atoms with Gasteiger partial charge < -0.3 is 4.18 Å². The number of hydrogen-bond acceptors (Lipinski definition) is 3. The number of carbonyl (C=O) groups excluding carboxylic acids is 1. The molecule has 0 saturated heterocycles. The highest BCUT2D eigenvalue weighted by atomic mass is 32.2. The third-order valence-electron chi connectivity index (χ3n) is 2.74. The van der Waals surface area contributed by atoms with Crippen LogP contribution in [0.15, 0.2) is 30.3 Å². The largest absolute Gasteiger partial charge is 0.360 e. The summed E-state index contributed by atoms with van der Waals surface area (Å²) in [4.78, 5) is 11.6. The van der Waals surface area contributed by atoms with Crippen molar-refractivity contribution >= 4 is 17.0 Å². The lowest BCUT2D eigenvalue weighted by molar-refractivity contribution is 0.0755. The topological polar surface area (TPSA) is 43.4 Å². The second kappa shape index (κ2) is 5.25. The fourth-order valence-electron chi connectivity index (χ4n) is 1.85. The predicted molar refractivity (Wildman–Crippen MR) is 62.3 cm³/mol. The highest BCUT2D eigenvalue weighted by Crippen LogP contribution is 2.23. The van der Waals surface area contributed by atoms with Gasteiger partial charge in [0.15, 0.2) is 0 Å². The minimum Gasteiger partial charge on any atom is -0.360 e. The highest BCUT2D eigenvalue weighted by molar-refractivity contribution is 7.81. The fraction of sp³-hybridized carbons (Fsp3) is 0.417. The second-order valence-electron chi connectivity index (χ2n) is 3.90. The summed E-state index contributed by atoms with van der Waals surface area (Å²) >= 11 is -1.48. The molecule has 0 radical (unpaired) electrons. The van der Waals surface area contributed by atoms with Crippen molar-refractivity contribution in [2.75, 3.05) is 0 Å². The van der Waals surface area contributed by atoms with Gasteiger partial charge in [-0.1, -0.05) is 31.0 Å². The maximum absolute atomic E-state index is 11.7. The van der Waals surface area contributed by atoms with Gasteiger partial charge in [-0.05, 0) is 25.0 Å². The lowest BCUT2D eigenvalue weighted by Crippen LogP contribution is -2.17. The molecule has 3 nitrogen and oxygen atoms in total. The zero-order valence-electron chi connectivity index (χ0n) is 8.93. The first-order valence-electron chi connectivity index (χ1n) is 5.45. The summed E-state index contributed by atoms with van der Waals surface area (Å²) in [6.45, 7) is 0. The lowest BCUT2D eigenvalue weighted by Gasteiger charge is -2.08. The molecule has 1 aliphatic carbocycles. The van der Waals surface area contributed by atoms with Crippen LogP contribution in [0.4, 0.5) is 0 Å². The average Bonchev–Trinajstić information content (AvgIpc) is 2.83. The summed E-state index contributed by atoms with van der Waals surface area (Å²) in [7, 11) is 0. The Morgan fingerprint density at radius 3 is 2.44 bits per heavy atom. The molecule has 0 N–H and O–H groups in total. The van der Waals surface area contributed by atoms with Crippen LogP contribution in [0.5, 0.6) is 0 Å². The van der Waals surface area contributed by atoms with E-state index in [4.69, 9.17) is 4.18 Å². The van der Waals surface area contributed by atoms with Gasteiger partial charge in [-0.15, -0.1) is 0 Å². The summed E-state index contributed by atoms with van der Waals surface area (Å²) in [6.07, 6.45) is 3.96. The van der Waals surface area contributed by atoms with E-state index in [1.807, 2.05) is 6.07 Å².